The highest BCUT2D eigenvalue weighted by Crippen LogP contribution is 2.41. The van der Waals surface area contributed by atoms with E-state index in [1.165, 1.54) is 13.2 Å². The highest BCUT2D eigenvalue weighted by atomic mass is 32.2. The predicted octanol–water partition coefficient (Wildman–Crippen LogP) is 1.97. The number of carbonyl (C=O) groups excluding carboxylic acids is 1. The van der Waals surface area contributed by atoms with Crippen molar-refractivity contribution in [2.24, 2.45) is 21.5 Å². The highest BCUT2D eigenvalue weighted by molar-refractivity contribution is 8.00. The van der Waals surface area contributed by atoms with Crippen LogP contribution in [0.3, 0.4) is 0 Å². The standard InChI is InChI=1S/C17H22N6O4S/c1-27-14(24)10-28-13-6-5-11(9-12(13)23(25)26)22-16(19)20-15(18)21-17(22)7-3-2-4-8-17/h5-6,9H,2-4,7-8,10H2,1H3,(H4,18,19,20,21). The highest BCUT2D eigenvalue weighted by Gasteiger charge is 2.43. The Bertz CT molecular complexity index is 850. The fraction of sp³-hybridized carbons (Fsp3) is 0.471. The number of carbonyl (C=O) groups is 1. The number of benzene rings is 1. The lowest BCUT2D eigenvalue weighted by molar-refractivity contribution is -0.387. The summed E-state index contributed by atoms with van der Waals surface area (Å²) in [7, 11) is 1.27. The van der Waals surface area contributed by atoms with Gasteiger partial charge in [-0.2, -0.15) is 4.99 Å². The zero-order valence-corrected chi connectivity index (χ0v) is 16.3. The van der Waals surface area contributed by atoms with Crippen LogP contribution in [0.4, 0.5) is 11.4 Å². The van der Waals surface area contributed by atoms with Gasteiger partial charge < -0.3 is 16.2 Å². The van der Waals surface area contributed by atoms with Crippen molar-refractivity contribution in [1.82, 2.24) is 0 Å². The van der Waals surface area contributed by atoms with E-state index in [0.29, 0.717) is 10.6 Å². The first-order chi connectivity index (χ1) is 13.4. The minimum absolute atomic E-state index is 0.0191. The summed E-state index contributed by atoms with van der Waals surface area (Å²) < 4.78 is 4.59. The Labute approximate surface area is 166 Å². The molecule has 11 heteroatoms. The number of esters is 1. The molecule has 2 aliphatic rings. The number of nitro groups is 1. The number of rotatable bonds is 5. The molecule has 0 radical (unpaired) electrons. The molecule has 1 heterocycles. The van der Waals surface area contributed by atoms with Gasteiger partial charge in [-0.05, 0) is 37.8 Å². The molecule has 1 fully saturated rings. The summed E-state index contributed by atoms with van der Waals surface area (Å²) in [5, 5.41) is 11.6. The Kier molecular flexibility index (Phi) is 5.73. The third kappa shape index (κ3) is 3.88. The van der Waals surface area contributed by atoms with E-state index in [0.717, 1.165) is 43.9 Å². The zero-order chi connectivity index (χ0) is 20.3. The minimum atomic E-state index is -0.678. The second-order valence-corrected chi connectivity index (χ2v) is 7.61. The number of aliphatic imine (C=N–C) groups is 2. The molecule has 28 heavy (non-hydrogen) atoms. The zero-order valence-electron chi connectivity index (χ0n) is 15.5. The van der Waals surface area contributed by atoms with Crippen LogP contribution in [-0.2, 0) is 9.53 Å². The summed E-state index contributed by atoms with van der Waals surface area (Å²) in [6.07, 6.45) is 4.46. The van der Waals surface area contributed by atoms with Gasteiger partial charge >= 0.3 is 5.97 Å². The first kappa shape index (κ1) is 19.9. The molecule has 0 aromatic heterocycles. The number of hydrogen-bond donors (Lipinski definition) is 2. The van der Waals surface area contributed by atoms with Crippen LogP contribution in [0.1, 0.15) is 32.1 Å². The van der Waals surface area contributed by atoms with Crippen molar-refractivity contribution in [3.8, 4) is 0 Å². The molecule has 0 atom stereocenters. The van der Waals surface area contributed by atoms with E-state index < -0.39 is 16.6 Å². The van der Waals surface area contributed by atoms with E-state index in [4.69, 9.17) is 11.5 Å². The quantitative estimate of drug-likeness (QED) is 0.326. The van der Waals surface area contributed by atoms with Gasteiger partial charge in [-0.25, -0.2) is 4.99 Å². The summed E-state index contributed by atoms with van der Waals surface area (Å²) in [6.45, 7) is 0. The number of guanidine groups is 2. The topological polar surface area (TPSA) is 149 Å². The molecule has 0 unspecified atom stereocenters. The second kappa shape index (κ2) is 8.05. The van der Waals surface area contributed by atoms with Crippen molar-refractivity contribution in [3.63, 3.8) is 0 Å². The van der Waals surface area contributed by atoms with Crippen molar-refractivity contribution in [3.05, 3.63) is 28.3 Å². The maximum absolute atomic E-state index is 11.6. The van der Waals surface area contributed by atoms with Crippen molar-refractivity contribution in [1.29, 1.82) is 0 Å². The molecule has 150 valence electrons. The number of thioether (sulfide) groups is 1. The van der Waals surface area contributed by atoms with E-state index in [1.54, 1.807) is 17.0 Å². The Balaban J connectivity index is 1.99. The van der Waals surface area contributed by atoms with Gasteiger partial charge in [0.25, 0.3) is 5.69 Å². The molecule has 10 nitrogen and oxygen atoms in total. The molecule has 1 aliphatic heterocycles. The summed E-state index contributed by atoms with van der Waals surface area (Å²) in [6, 6.07) is 4.77. The van der Waals surface area contributed by atoms with E-state index in [9.17, 15) is 14.9 Å². The number of hydrogen-bond acceptors (Lipinski definition) is 10. The monoisotopic (exact) mass is 406 g/mol. The first-order valence-corrected chi connectivity index (χ1v) is 9.82. The van der Waals surface area contributed by atoms with Gasteiger partial charge in [0, 0.05) is 6.07 Å². The summed E-state index contributed by atoms with van der Waals surface area (Å²) >= 11 is 1.05. The minimum Gasteiger partial charge on any atom is -0.468 e. The van der Waals surface area contributed by atoms with Crippen LogP contribution in [0.15, 0.2) is 33.1 Å². The Morgan fingerprint density at radius 2 is 2.07 bits per heavy atom. The maximum Gasteiger partial charge on any atom is 0.315 e. The van der Waals surface area contributed by atoms with E-state index in [1.807, 2.05) is 0 Å². The second-order valence-electron chi connectivity index (χ2n) is 6.59. The summed E-state index contributed by atoms with van der Waals surface area (Å²) in [5.74, 6) is -0.190. The molecule has 1 aromatic carbocycles. The fourth-order valence-electron chi connectivity index (χ4n) is 3.60. The SMILES string of the molecule is COC(=O)CSc1ccc(N2C(N)=NC(N)=NC23CCCCC3)cc1[N+](=O)[O-]. The molecule has 1 aromatic rings. The van der Waals surface area contributed by atoms with E-state index in [-0.39, 0.29) is 23.4 Å². The van der Waals surface area contributed by atoms with Crippen LogP contribution in [0.25, 0.3) is 0 Å². The number of nitro benzene ring substituents is 1. The molecule has 3 rings (SSSR count). The molecule has 4 N–H and O–H groups in total. The van der Waals surface area contributed by atoms with Gasteiger partial charge in [-0.1, -0.05) is 6.42 Å². The van der Waals surface area contributed by atoms with Crippen LogP contribution in [0, 0.1) is 10.1 Å². The van der Waals surface area contributed by atoms with Crippen molar-refractivity contribution >= 4 is 41.0 Å². The average Bonchev–Trinajstić information content (AvgIpc) is 2.66. The Hall–Kier alpha value is -2.82. The van der Waals surface area contributed by atoms with Gasteiger partial charge in [0.15, 0.2) is 0 Å². The van der Waals surface area contributed by atoms with Crippen LogP contribution >= 0.6 is 11.8 Å². The van der Waals surface area contributed by atoms with E-state index in [2.05, 4.69) is 14.7 Å². The summed E-state index contributed by atoms with van der Waals surface area (Å²) in [5.41, 5.74) is 11.7. The molecule has 1 aliphatic carbocycles. The van der Waals surface area contributed by atoms with Crippen LogP contribution in [0.2, 0.25) is 0 Å². The number of nitrogens with zero attached hydrogens (tertiary/aromatic N) is 4. The molecule has 1 saturated carbocycles. The molecular weight excluding hydrogens is 384 g/mol. The first-order valence-electron chi connectivity index (χ1n) is 8.84. The van der Waals surface area contributed by atoms with Crippen LogP contribution < -0.4 is 16.4 Å². The van der Waals surface area contributed by atoms with E-state index >= 15 is 0 Å². The van der Waals surface area contributed by atoms with Gasteiger partial charge in [-0.15, -0.1) is 11.8 Å². The number of methoxy groups -OCH3 is 1. The van der Waals surface area contributed by atoms with Gasteiger partial charge in [0.1, 0.15) is 5.66 Å². The molecule has 0 saturated heterocycles. The third-order valence-electron chi connectivity index (χ3n) is 4.82. The van der Waals surface area contributed by atoms with Gasteiger partial charge in [0.05, 0.1) is 28.4 Å². The lowest BCUT2D eigenvalue weighted by atomic mass is 9.87. The Morgan fingerprint density at radius 3 is 2.71 bits per heavy atom. The lowest BCUT2D eigenvalue weighted by Crippen LogP contribution is -2.58. The predicted molar refractivity (Wildman–Crippen MR) is 107 cm³/mol. The van der Waals surface area contributed by atoms with Gasteiger partial charge in [0.2, 0.25) is 11.9 Å². The largest absolute Gasteiger partial charge is 0.468 e. The third-order valence-corrected chi connectivity index (χ3v) is 5.86. The smallest absolute Gasteiger partial charge is 0.315 e. The number of nitrogens with two attached hydrogens (primary N) is 2. The normalized spacial score (nSPS) is 18.4. The number of anilines is 1. The lowest BCUT2D eigenvalue weighted by Gasteiger charge is -2.45. The van der Waals surface area contributed by atoms with Gasteiger partial charge in [-0.3, -0.25) is 19.8 Å². The molecule has 0 amide bonds. The summed E-state index contributed by atoms with van der Waals surface area (Å²) in [4.78, 5) is 33.3. The van der Waals surface area contributed by atoms with Crippen molar-refractivity contribution in [2.45, 2.75) is 42.7 Å². The fourth-order valence-corrected chi connectivity index (χ4v) is 4.44. The van der Waals surface area contributed by atoms with Crippen LogP contribution in [-0.4, -0.2) is 41.3 Å². The number of ether oxygens (including phenoxy) is 1. The average molecular weight is 406 g/mol. The molecule has 1 spiro atoms. The maximum atomic E-state index is 11.6. The van der Waals surface area contributed by atoms with Crippen molar-refractivity contribution in [2.75, 3.05) is 17.8 Å². The van der Waals surface area contributed by atoms with Crippen LogP contribution in [0.5, 0.6) is 0 Å². The molecular formula is C17H22N6O4S. The van der Waals surface area contributed by atoms with Crippen molar-refractivity contribution < 1.29 is 14.5 Å². The Morgan fingerprint density at radius 1 is 1.36 bits per heavy atom. The molecule has 0 bridgehead atoms.